The summed E-state index contributed by atoms with van der Waals surface area (Å²) in [4.78, 5) is 21.3. The number of aromatic nitrogens is 3. The topological polar surface area (TPSA) is 89.9 Å². The largest absolute Gasteiger partial charge is 0.384 e. The zero-order chi connectivity index (χ0) is 29.6. The Bertz CT molecular complexity index is 1540. The molecular weight excluding hydrogens is 533 g/mol. The second kappa shape index (κ2) is 9.33. The summed E-state index contributed by atoms with van der Waals surface area (Å²) in [5, 5.41) is 14.0. The average Bonchev–Trinajstić information content (AvgIpc) is 3.57. The third-order valence-corrected chi connectivity index (χ3v) is 9.74. The van der Waals surface area contributed by atoms with Crippen molar-refractivity contribution in [1.82, 2.24) is 19.9 Å². The predicted octanol–water partition coefficient (Wildman–Crippen LogP) is 4.85. The average molecular weight is 574 g/mol. The molecule has 1 unspecified atom stereocenters. The highest BCUT2D eigenvalue weighted by molar-refractivity contribution is 5.71. The molecule has 222 valence electrons. The minimum Gasteiger partial charge on any atom is -0.384 e. The Balaban J connectivity index is 1.22. The van der Waals surface area contributed by atoms with Crippen molar-refractivity contribution in [1.29, 1.82) is 0 Å². The van der Waals surface area contributed by atoms with Crippen LogP contribution in [0.15, 0.2) is 42.6 Å². The van der Waals surface area contributed by atoms with Gasteiger partial charge in [-0.2, -0.15) is 4.98 Å². The molecule has 0 radical (unpaired) electrons. The van der Waals surface area contributed by atoms with Gasteiger partial charge in [-0.15, -0.1) is 0 Å². The molecule has 10 heteroatoms. The molecule has 3 aromatic rings. The summed E-state index contributed by atoms with van der Waals surface area (Å²) in [6.45, 7) is 12.2. The first kappa shape index (κ1) is 27.5. The van der Waals surface area contributed by atoms with E-state index >= 15 is 4.39 Å². The molecule has 0 spiro atoms. The standard InChI is InChI=1S/C32H40FN7O2/c1-30(2)14-26-32(5,18-42-30)22-15-34-29(37-28(22)40(26)27-9-7-8-25(36-27)31(3,4)41)35-19-10-11-24(23(33)12-19)39-17-20-13-21(39)16-38(20)6/h7-12,15,20-21,26,41H,13-14,16-18H2,1-6H3,(H,34,35,37)/t20-,21-,26?,32-/m0/s1. The number of anilines is 5. The molecular formula is C32H40FN7O2. The van der Waals surface area contributed by atoms with E-state index in [0.29, 0.717) is 47.5 Å². The molecule has 0 amide bonds. The molecule has 2 N–H and O–H groups in total. The number of aliphatic hydroxyl groups is 1. The third kappa shape index (κ3) is 4.42. The van der Waals surface area contributed by atoms with E-state index in [1.165, 1.54) is 6.07 Å². The lowest BCUT2D eigenvalue weighted by atomic mass is 9.73. The van der Waals surface area contributed by atoms with Gasteiger partial charge in [0.15, 0.2) is 0 Å². The minimum absolute atomic E-state index is 0.0249. The van der Waals surface area contributed by atoms with E-state index in [2.05, 4.69) is 52.8 Å². The maximum atomic E-state index is 15.4. The molecule has 4 aliphatic rings. The highest BCUT2D eigenvalue weighted by Gasteiger charge is 2.55. The number of piperazine rings is 1. The maximum Gasteiger partial charge on any atom is 0.229 e. The van der Waals surface area contributed by atoms with E-state index in [9.17, 15) is 5.11 Å². The van der Waals surface area contributed by atoms with Gasteiger partial charge in [0.25, 0.3) is 0 Å². The van der Waals surface area contributed by atoms with E-state index < -0.39 is 5.60 Å². The van der Waals surface area contributed by atoms with Crippen LogP contribution < -0.4 is 15.1 Å². The van der Waals surface area contributed by atoms with E-state index in [4.69, 9.17) is 14.7 Å². The van der Waals surface area contributed by atoms with Gasteiger partial charge in [-0.1, -0.05) is 13.0 Å². The number of fused-ring (bicyclic) bond motifs is 5. The molecule has 3 fully saturated rings. The Labute approximate surface area is 246 Å². The van der Waals surface area contributed by atoms with Gasteiger partial charge in [-0.05, 0) is 77.9 Å². The van der Waals surface area contributed by atoms with E-state index in [0.717, 1.165) is 37.3 Å². The van der Waals surface area contributed by atoms with Crippen molar-refractivity contribution in [3.05, 3.63) is 59.7 Å². The van der Waals surface area contributed by atoms with Crippen LogP contribution in [-0.2, 0) is 15.8 Å². The van der Waals surface area contributed by atoms with Crippen molar-refractivity contribution >= 4 is 29.0 Å². The number of ether oxygens (including phenoxy) is 1. The van der Waals surface area contributed by atoms with Crippen LogP contribution in [0.25, 0.3) is 0 Å². The van der Waals surface area contributed by atoms with Crippen molar-refractivity contribution in [3.63, 3.8) is 0 Å². The number of likely N-dealkylation sites (tertiary alicyclic amines) is 1. The first-order chi connectivity index (χ1) is 19.8. The van der Waals surface area contributed by atoms with Crippen LogP contribution in [0.5, 0.6) is 0 Å². The summed E-state index contributed by atoms with van der Waals surface area (Å²) >= 11 is 0. The lowest BCUT2D eigenvalue weighted by molar-refractivity contribution is -0.0893. The zero-order valence-electron chi connectivity index (χ0n) is 25.2. The highest BCUT2D eigenvalue weighted by atomic mass is 19.1. The SMILES string of the molecule is CN1C[C@@H]2C[C@H]1CN2c1ccc(Nc2ncc3c(n2)N(c2cccc(C(C)(C)O)n2)C2CC(C)(C)OC[C@@]32C)cc1F. The first-order valence-electron chi connectivity index (χ1n) is 14.9. The van der Waals surface area contributed by atoms with Gasteiger partial charge >= 0.3 is 0 Å². The van der Waals surface area contributed by atoms with Crippen LogP contribution in [0.2, 0.25) is 0 Å². The molecule has 0 aliphatic carbocycles. The number of benzene rings is 1. The first-order valence-corrected chi connectivity index (χ1v) is 14.9. The molecule has 2 bridgehead atoms. The summed E-state index contributed by atoms with van der Waals surface area (Å²) in [7, 11) is 2.15. The van der Waals surface area contributed by atoms with Gasteiger partial charge in [0.1, 0.15) is 23.1 Å². The summed E-state index contributed by atoms with van der Waals surface area (Å²) in [5.41, 5.74) is 1.05. The van der Waals surface area contributed by atoms with Crippen LogP contribution in [0.1, 0.15) is 58.7 Å². The predicted molar refractivity (Wildman–Crippen MR) is 161 cm³/mol. The smallest absolute Gasteiger partial charge is 0.229 e. The Morgan fingerprint density at radius 3 is 2.60 bits per heavy atom. The fourth-order valence-electron chi connectivity index (χ4n) is 7.27. The van der Waals surface area contributed by atoms with Gasteiger partial charge in [0.2, 0.25) is 5.95 Å². The number of hydrogen-bond acceptors (Lipinski definition) is 9. The summed E-state index contributed by atoms with van der Waals surface area (Å²) in [6.07, 6.45) is 3.71. The second-order valence-corrected chi connectivity index (χ2v) is 13.9. The summed E-state index contributed by atoms with van der Waals surface area (Å²) in [6, 6.07) is 11.9. The summed E-state index contributed by atoms with van der Waals surface area (Å²) in [5.74, 6) is 1.60. The molecule has 6 heterocycles. The molecule has 7 rings (SSSR count). The van der Waals surface area contributed by atoms with Gasteiger partial charge in [0, 0.05) is 48.0 Å². The number of hydrogen-bond donors (Lipinski definition) is 2. The third-order valence-electron chi connectivity index (χ3n) is 9.74. The van der Waals surface area contributed by atoms with Gasteiger partial charge in [-0.3, -0.25) is 4.90 Å². The normalized spacial score (nSPS) is 28.2. The molecule has 42 heavy (non-hydrogen) atoms. The molecule has 9 nitrogen and oxygen atoms in total. The van der Waals surface area contributed by atoms with Gasteiger partial charge in [0.05, 0.1) is 29.6 Å². The van der Waals surface area contributed by atoms with Crippen molar-refractivity contribution in [3.8, 4) is 0 Å². The number of pyridine rings is 1. The quantitative estimate of drug-likeness (QED) is 0.445. The summed E-state index contributed by atoms with van der Waals surface area (Å²) < 4.78 is 21.7. The van der Waals surface area contributed by atoms with Gasteiger partial charge in [-0.25, -0.2) is 14.4 Å². The van der Waals surface area contributed by atoms with E-state index in [1.807, 2.05) is 36.5 Å². The minimum atomic E-state index is -1.09. The van der Waals surface area contributed by atoms with Crippen LogP contribution in [-0.4, -0.2) is 75.4 Å². The van der Waals surface area contributed by atoms with Crippen molar-refractivity contribution in [2.24, 2.45) is 0 Å². The van der Waals surface area contributed by atoms with Crippen molar-refractivity contribution < 1.29 is 14.2 Å². The number of rotatable bonds is 5. The lowest BCUT2D eigenvalue weighted by Crippen LogP contribution is -2.54. The number of likely N-dealkylation sites (N-methyl/N-ethyl adjacent to an activating group) is 1. The van der Waals surface area contributed by atoms with Crippen LogP contribution in [0, 0.1) is 5.82 Å². The lowest BCUT2D eigenvalue weighted by Gasteiger charge is -2.46. The van der Waals surface area contributed by atoms with Crippen LogP contribution in [0.4, 0.5) is 33.3 Å². The molecule has 2 aromatic heterocycles. The van der Waals surface area contributed by atoms with Crippen molar-refractivity contribution in [2.45, 2.75) is 82.2 Å². The van der Waals surface area contributed by atoms with Gasteiger partial charge < -0.3 is 25.0 Å². The second-order valence-electron chi connectivity index (χ2n) is 13.9. The molecule has 3 saturated heterocycles. The molecule has 4 aliphatic heterocycles. The molecule has 1 aromatic carbocycles. The Hall–Kier alpha value is -3.34. The molecule has 0 saturated carbocycles. The number of nitrogens with one attached hydrogen (secondary N) is 1. The number of halogens is 1. The number of nitrogens with zero attached hydrogens (tertiary/aromatic N) is 6. The van der Waals surface area contributed by atoms with Crippen LogP contribution >= 0.6 is 0 Å². The Morgan fingerprint density at radius 2 is 1.90 bits per heavy atom. The fourth-order valence-corrected chi connectivity index (χ4v) is 7.27. The monoisotopic (exact) mass is 573 g/mol. The Kier molecular flexibility index (Phi) is 6.11. The van der Waals surface area contributed by atoms with Crippen LogP contribution in [0.3, 0.4) is 0 Å². The highest BCUT2D eigenvalue weighted by Crippen LogP contribution is 2.53. The fraction of sp³-hybridized carbons (Fsp3) is 0.531. The van der Waals surface area contributed by atoms with E-state index in [-0.39, 0.29) is 22.9 Å². The molecule has 4 atom stereocenters. The maximum absolute atomic E-state index is 15.4. The van der Waals surface area contributed by atoms with Crippen molar-refractivity contribution in [2.75, 3.05) is 41.9 Å². The zero-order valence-corrected chi connectivity index (χ0v) is 25.2. The Morgan fingerprint density at radius 1 is 1.10 bits per heavy atom. The van der Waals surface area contributed by atoms with E-state index in [1.54, 1.807) is 13.8 Å².